The number of sulfonamides is 1. The lowest BCUT2D eigenvalue weighted by atomic mass is 10.0. The number of carbonyl (C=O) groups is 1. The Kier molecular flexibility index (Phi) is 9.38. The molecule has 218 valence electrons. The SMILES string of the molecule is COc1ccc(C(Cc2c(Cl)c[nH+]cc2Cl)OC(=O)[C@@H]2CCCN2S(=O)(=O)c2ccccc2)cc1OC1CCCC1. The summed E-state index contributed by atoms with van der Waals surface area (Å²) < 4.78 is 46.0. The molecule has 0 spiro atoms. The molecule has 1 unspecified atom stereocenters. The van der Waals surface area contributed by atoms with Crippen LogP contribution < -0.4 is 14.5 Å². The van der Waals surface area contributed by atoms with E-state index in [0.717, 1.165) is 25.7 Å². The highest BCUT2D eigenvalue weighted by Gasteiger charge is 2.41. The second kappa shape index (κ2) is 13.0. The van der Waals surface area contributed by atoms with Crippen LogP contribution in [0.1, 0.15) is 55.8 Å². The number of hydrogen-bond acceptors (Lipinski definition) is 6. The number of methoxy groups -OCH3 is 1. The Balaban J connectivity index is 1.46. The van der Waals surface area contributed by atoms with Crippen molar-refractivity contribution in [3.05, 3.63) is 82.1 Å². The lowest BCUT2D eigenvalue weighted by Crippen LogP contribution is -2.41. The fourth-order valence-corrected chi connectivity index (χ4v) is 7.67. The van der Waals surface area contributed by atoms with Gasteiger partial charge in [-0.2, -0.15) is 4.31 Å². The number of aromatic nitrogens is 1. The third kappa shape index (κ3) is 6.64. The molecule has 3 aromatic rings. The van der Waals surface area contributed by atoms with Crippen LogP contribution in [-0.4, -0.2) is 44.5 Å². The average molecular weight is 621 g/mol. The van der Waals surface area contributed by atoms with Gasteiger partial charge in [-0.15, -0.1) is 0 Å². The minimum atomic E-state index is -3.89. The van der Waals surface area contributed by atoms with E-state index in [4.69, 9.17) is 37.4 Å². The number of hydrogen-bond donors (Lipinski definition) is 0. The van der Waals surface area contributed by atoms with Gasteiger partial charge in [0.05, 0.1) is 18.1 Å². The van der Waals surface area contributed by atoms with Gasteiger partial charge in [0.2, 0.25) is 10.0 Å². The van der Waals surface area contributed by atoms with E-state index in [1.54, 1.807) is 43.8 Å². The first-order valence-corrected chi connectivity index (χ1v) is 15.9. The Bertz CT molecular complexity index is 1460. The number of rotatable bonds is 10. The van der Waals surface area contributed by atoms with Crippen LogP contribution in [0.5, 0.6) is 11.5 Å². The number of esters is 1. The topological polar surface area (TPSA) is 96.3 Å². The van der Waals surface area contributed by atoms with Crippen LogP contribution in [0.15, 0.2) is 65.8 Å². The molecular formula is C30H33Cl2N2O6S+. The zero-order valence-electron chi connectivity index (χ0n) is 22.7. The molecule has 0 radical (unpaired) electrons. The van der Waals surface area contributed by atoms with E-state index in [2.05, 4.69) is 4.98 Å². The van der Waals surface area contributed by atoms with Gasteiger partial charge in [0.25, 0.3) is 0 Å². The van der Waals surface area contributed by atoms with Crippen molar-refractivity contribution in [3.8, 4) is 11.5 Å². The van der Waals surface area contributed by atoms with E-state index < -0.39 is 28.1 Å². The first-order chi connectivity index (χ1) is 19.8. The van der Waals surface area contributed by atoms with Crippen molar-refractivity contribution in [2.75, 3.05) is 13.7 Å². The van der Waals surface area contributed by atoms with Crippen LogP contribution in [0.25, 0.3) is 0 Å². The zero-order chi connectivity index (χ0) is 29.0. The fourth-order valence-electron chi connectivity index (χ4n) is 5.47. The summed E-state index contributed by atoms with van der Waals surface area (Å²) in [5, 5.41) is 0.785. The predicted octanol–water partition coefficient (Wildman–Crippen LogP) is 5.82. The third-order valence-electron chi connectivity index (χ3n) is 7.63. The number of aromatic amines is 1. The molecule has 41 heavy (non-hydrogen) atoms. The van der Waals surface area contributed by atoms with Gasteiger partial charge in [0.15, 0.2) is 23.9 Å². The molecule has 1 aliphatic heterocycles. The molecule has 2 fully saturated rings. The molecule has 11 heteroatoms. The molecule has 0 amide bonds. The van der Waals surface area contributed by atoms with Crippen molar-refractivity contribution in [3.63, 3.8) is 0 Å². The first-order valence-electron chi connectivity index (χ1n) is 13.7. The smallest absolute Gasteiger partial charge is 0.325 e. The normalized spacial score (nSPS) is 18.8. The third-order valence-corrected chi connectivity index (χ3v) is 10.2. The van der Waals surface area contributed by atoms with E-state index in [1.807, 2.05) is 12.1 Å². The van der Waals surface area contributed by atoms with Gasteiger partial charge in [0.1, 0.15) is 22.2 Å². The summed E-state index contributed by atoms with van der Waals surface area (Å²) in [6.07, 6.45) is 7.70. The van der Waals surface area contributed by atoms with Crippen LogP contribution in [0.4, 0.5) is 0 Å². The standard InChI is InChI=1S/C30H32Cl2N2O6S/c1-38-27-14-13-20(16-29(27)39-21-8-5-6-9-21)28(17-23-24(31)18-33-19-25(23)32)40-30(35)26-12-7-15-34(26)41(36,37)22-10-3-2-4-11-22/h2-4,10-11,13-14,16,18-19,21,26,28H,5-9,12,15,17H2,1H3/p+1/t26-,28?/m0/s1. The first kappa shape index (κ1) is 29.6. The maximum Gasteiger partial charge on any atom is 0.325 e. The number of ether oxygens (including phenoxy) is 3. The molecule has 1 saturated carbocycles. The van der Waals surface area contributed by atoms with E-state index in [9.17, 15) is 13.2 Å². The Hall–Kier alpha value is -2.85. The number of nitrogens with zero attached hydrogens (tertiary/aromatic N) is 1. The Morgan fingerprint density at radius 1 is 1.00 bits per heavy atom. The van der Waals surface area contributed by atoms with Gasteiger partial charge in [-0.3, -0.25) is 4.79 Å². The van der Waals surface area contributed by atoms with Gasteiger partial charge in [0, 0.05) is 18.5 Å². The molecule has 2 atom stereocenters. The minimum absolute atomic E-state index is 0.0870. The molecule has 5 rings (SSSR count). The van der Waals surface area contributed by atoms with Gasteiger partial charge < -0.3 is 14.2 Å². The molecule has 1 N–H and O–H groups in total. The molecule has 1 aliphatic carbocycles. The molecule has 2 aliphatic rings. The van der Waals surface area contributed by atoms with Gasteiger partial charge in [-0.05, 0) is 68.4 Å². The molecule has 1 aromatic heterocycles. The molecule has 0 bridgehead atoms. The van der Waals surface area contributed by atoms with Gasteiger partial charge in [-0.25, -0.2) is 13.4 Å². The number of carbonyl (C=O) groups excluding carboxylic acids is 1. The number of H-pyrrole nitrogens is 1. The Morgan fingerprint density at radius 2 is 1.71 bits per heavy atom. The highest BCUT2D eigenvalue weighted by Crippen LogP contribution is 2.38. The van der Waals surface area contributed by atoms with Gasteiger partial charge in [-0.1, -0.05) is 47.5 Å². The number of nitrogens with one attached hydrogen (secondary N) is 1. The summed E-state index contributed by atoms with van der Waals surface area (Å²) in [5.41, 5.74) is 1.25. The van der Waals surface area contributed by atoms with E-state index in [-0.39, 0.29) is 24.0 Å². The molecule has 2 heterocycles. The summed E-state index contributed by atoms with van der Waals surface area (Å²) in [5.74, 6) is 0.508. The summed E-state index contributed by atoms with van der Waals surface area (Å²) >= 11 is 13.0. The number of pyridine rings is 1. The molecule has 1 saturated heterocycles. The number of halogens is 2. The van der Waals surface area contributed by atoms with Crippen molar-refractivity contribution in [2.24, 2.45) is 0 Å². The summed E-state index contributed by atoms with van der Waals surface area (Å²) in [4.78, 5) is 16.7. The number of benzene rings is 2. The van der Waals surface area contributed by atoms with Crippen LogP contribution >= 0.6 is 23.2 Å². The zero-order valence-corrected chi connectivity index (χ0v) is 25.1. The van der Waals surface area contributed by atoms with E-state index >= 15 is 0 Å². The molecule has 8 nitrogen and oxygen atoms in total. The minimum Gasteiger partial charge on any atom is -0.493 e. The largest absolute Gasteiger partial charge is 0.493 e. The van der Waals surface area contributed by atoms with Crippen LogP contribution in [0.3, 0.4) is 0 Å². The molecular weight excluding hydrogens is 587 g/mol. The van der Waals surface area contributed by atoms with Crippen LogP contribution in [-0.2, 0) is 26.0 Å². The van der Waals surface area contributed by atoms with Gasteiger partial charge >= 0.3 is 5.97 Å². The van der Waals surface area contributed by atoms with Crippen molar-refractivity contribution < 1.29 is 32.4 Å². The summed E-state index contributed by atoms with van der Waals surface area (Å²) in [7, 11) is -2.31. The quantitative estimate of drug-likeness (QED) is 0.265. The van der Waals surface area contributed by atoms with Crippen LogP contribution in [0, 0.1) is 0 Å². The second-order valence-electron chi connectivity index (χ2n) is 10.3. The summed E-state index contributed by atoms with van der Waals surface area (Å²) in [6.45, 7) is 0.232. The highest BCUT2D eigenvalue weighted by atomic mass is 35.5. The fraction of sp³-hybridized carbons (Fsp3) is 0.400. The van der Waals surface area contributed by atoms with E-state index in [1.165, 1.54) is 16.4 Å². The van der Waals surface area contributed by atoms with E-state index in [0.29, 0.717) is 45.5 Å². The van der Waals surface area contributed by atoms with Crippen molar-refractivity contribution in [2.45, 2.75) is 68.1 Å². The Morgan fingerprint density at radius 3 is 2.39 bits per heavy atom. The van der Waals surface area contributed by atoms with Crippen molar-refractivity contribution in [1.82, 2.24) is 4.31 Å². The monoisotopic (exact) mass is 619 g/mol. The predicted molar refractivity (Wildman–Crippen MR) is 155 cm³/mol. The van der Waals surface area contributed by atoms with Crippen molar-refractivity contribution >= 4 is 39.2 Å². The maximum atomic E-state index is 13.7. The average Bonchev–Trinajstić information content (AvgIpc) is 3.68. The second-order valence-corrected chi connectivity index (χ2v) is 13.0. The highest BCUT2D eigenvalue weighted by molar-refractivity contribution is 7.89. The summed E-state index contributed by atoms with van der Waals surface area (Å²) in [6, 6.07) is 12.6. The Labute approximate surface area is 250 Å². The van der Waals surface area contributed by atoms with Crippen LogP contribution in [0.2, 0.25) is 10.0 Å². The maximum absolute atomic E-state index is 13.7. The lowest BCUT2D eigenvalue weighted by Gasteiger charge is -2.26. The lowest BCUT2D eigenvalue weighted by molar-refractivity contribution is -0.377. The van der Waals surface area contributed by atoms with Crippen molar-refractivity contribution in [1.29, 1.82) is 0 Å². The molecule has 2 aromatic carbocycles.